The van der Waals surface area contributed by atoms with Crippen molar-refractivity contribution in [2.45, 2.75) is 140 Å². The van der Waals surface area contributed by atoms with Gasteiger partial charge in [-0.2, -0.15) is 0 Å². The van der Waals surface area contributed by atoms with Crippen molar-refractivity contribution in [2.24, 2.45) is 11.7 Å². The number of ether oxygens (including phenoxy) is 4. The highest BCUT2D eigenvalue weighted by atomic mass is 16.6. The number of rotatable bonds is 17. The van der Waals surface area contributed by atoms with E-state index in [9.17, 15) is 62.6 Å². The van der Waals surface area contributed by atoms with E-state index in [0.29, 0.717) is 22.0 Å². The van der Waals surface area contributed by atoms with Crippen LogP contribution in [-0.4, -0.2) is 161 Å². The normalized spacial score (nSPS) is 25.5. The SMILES string of the molecule is CC(=O)N[C@@H]1[C@@H](OC(C)=O)[C@H](OC(C)=O)[C@@H](COC(C)=O)O[C@H]1NC(=O)C[C@@H]1NC(=O)[C@H](CC(C)C)NC(=O)[C@@H](CN)NC(=O)[C@H](Cc2ccccc2)NC(=O)[C@H](Cc2c[nH]c3ccccc23)NC(=O)[C@H](CC(=O)O)NC1=O. The number of amides is 8. The van der Waals surface area contributed by atoms with Crippen LogP contribution in [0.15, 0.2) is 60.8 Å². The summed E-state index contributed by atoms with van der Waals surface area (Å²) in [6.07, 6.45) is -7.50. The highest BCUT2D eigenvalue weighted by Gasteiger charge is 2.51. The summed E-state index contributed by atoms with van der Waals surface area (Å²) in [6, 6.07) is 3.83. The van der Waals surface area contributed by atoms with Crippen molar-refractivity contribution < 1.29 is 81.6 Å². The Hall–Kier alpha value is -8.46. The van der Waals surface area contributed by atoms with Gasteiger partial charge in [-0.1, -0.05) is 62.4 Å². The fourth-order valence-corrected chi connectivity index (χ4v) is 8.81. The summed E-state index contributed by atoms with van der Waals surface area (Å²) >= 11 is 0. The van der Waals surface area contributed by atoms with Gasteiger partial charge in [0.1, 0.15) is 55.0 Å². The third-order valence-corrected chi connectivity index (χ3v) is 12.3. The summed E-state index contributed by atoms with van der Waals surface area (Å²) in [5.74, 6) is -12.9. The number of carboxylic acid groups (broad SMARTS) is 1. The highest BCUT2D eigenvalue weighted by Crippen LogP contribution is 2.27. The molecule has 27 nitrogen and oxygen atoms in total. The van der Waals surface area contributed by atoms with Gasteiger partial charge in [-0.05, 0) is 29.5 Å². The molecule has 0 saturated carbocycles. The third-order valence-electron chi connectivity index (χ3n) is 12.3. The van der Waals surface area contributed by atoms with E-state index in [0.717, 1.165) is 27.7 Å². The minimum atomic E-state index is -2.04. The number of carbonyl (C=O) groups is 12. The Morgan fingerprint density at radius 3 is 1.72 bits per heavy atom. The molecule has 12 N–H and O–H groups in total. The Kier molecular flexibility index (Phi) is 21.7. The maximum absolute atomic E-state index is 14.6. The number of benzene rings is 2. The van der Waals surface area contributed by atoms with E-state index in [1.165, 1.54) is 0 Å². The fraction of sp³-hybridized carbons (Fsp3) is 0.490. The lowest BCUT2D eigenvalue weighted by molar-refractivity contribution is -0.228. The summed E-state index contributed by atoms with van der Waals surface area (Å²) in [4.78, 5) is 165. The van der Waals surface area contributed by atoms with Crippen molar-refractivity contribution in [1.82, 2.24) is 47.5 Å². The molecule has 3 heterocycles. The van der Waals surface area contributed by atoms with Crippen molar-refractivity contribution in [3.05, 3.63) is 71.9 Å². The molecule has 0 aliphatic carbocycles. The van der Waals surface area contributed by atoms with Gasteiger partial charge in [0, 0.05) is 64.2 Å². The minimum absolute atomic E-state index is 0.114. The van der Waals surface area contributed by atoms with E-state index >= 15 is 0 Å². The molecule has 0 bridgehead atoms. The van der Waals surface area contributed by atoms with Crippen LogP contribution in [0.1, 0.15) is 71.9 Å². The first-order valence-corrected chi connectivity index (χ1v) is 25.0. The number of aliphatic carboxylic acids is 1. The van der Waals surface area contributed by atoms with Crippen molar-refractivity contribution in [2.75, 3.05) is 13.2 Å². The molecule has 422 valence electrons. The maximum atomic E-state index is 14.6. The third kappa shape index (κ3) is 17.5. The maximum Gasteiger partial charge on any atom is 0.305 e. The molecule has 3 aromatic rings. The number of hydrogen-bond acceptors (Lipinski definition) is 17. The van der Waals surface area contributed by atoms with Crippen molar-refractivity contribution in [3.8, 4) is 0 Å². The predicted octanol–water partition coefficient (Wildman–Crippen LogP) is -2.48. The van der Waals surface area contributed by atoms with Gasteiger partial charge in [0.15, 0.2) is 18.4 Å². The minimum Gasteiger partial charge on any atom is -0.481 e. The van der Waals surface area contributed by atoms with Gasteiger partial charge < -0.3 is 77.3 Å². The largest absolute Gasteiger partial charge is 0.481 e. The molecule has 8 amide bonds. The van der Waals surface area contributed by atoms with E-state index in [1.54, 1.807) is 74.6 Å². The van der Waals surface area contributed by atoms with E-state index in [-0.39, 0.29) is 25.2 Å². The molecule has 0 spiro atoms. The first-order chi connectivity index (χ1) is 36.9. The van der Waals surface area contributed by atoms with Gasteiger partial charge in [-0.25, -0.2) is 0 Å². The molecule has 78 heavy (non-hydrogen) atoms. The molecule has 2 aliphatic heterocycles. The van der Waals surface area contributed by atoms with Gasteiger partial charge in [0.25, 0.3) is 0 Å². The topological polar surface area (TPSA) is 400 Å². The quantitative estimate of drug-likeness (QED) is 0.0492. The molecule has 5 rings (SSSR count). The highest BCUT2D eigenvalue weighted by molar-refractivity contribution is 6.00. The molecule has 2 aromatic carbocycles. The molecule has 27 heteroatoms. The average Bonchev–Trinajstić information content (AvgIpc) is 3.81. The zero-order valence-corrected chi connectivity index (χ0v) is 43.7. The van der Waals surface area contributed by atoms with E-state index < -0.39 is 164 Å². The van der Waals surface area contributed by atoms with Crippen LogP contribution in [0.4, 0.5) is 0 Å². The lowest BCUT2D eigenvalue weighted by Crippen LogP contribution is -2.69. The molecule has 0 radical (unpaired) electrons. The number of aromatic nitrogens is 1. The van der Waals surface area contributed by atoms with Crippen molar-refractivity contribution >= 4 is 82.0 Å². The lowest BCUT2D eigenvalue weighted by Gasteiger charge is -2.45. The molecule has 2 fully saturated rings. The molecular formula is C51H66N10O17. The summed E-state index contributed by atoms with van der Waals surface area (Å²) < 4.78 is 22.1. The number of fused-ring (bicyclic) bond motifs is 1. The molecular weight excluding hydrogens is 1020 g/mol. The second-order valence-electron chi connectivity index (χ2n) is 19.1. The first-order valence-electron chi connectivity index (χ1n) is 25.0. The van der Waals surface area contributed by atoms with Crippen LogP contribution in [0.5, 0.6) is 0 Å². The van der Waals surface area contributed by atoms with Crippen LogP contribution >= 0.6 is 0 Å². The molecule has 0 unspecified atom stereocenters. The predicted molar refractivity (Wildman–Crippen MR) is 271 cm³/mol. The van der Waals surface area contributed by atoms with Gasteiger partial charge in [0.2, 0.25) is 47.3 Å². The van der Waals surface area contributed by atoms with E-state index in [4.69, 9.17) is 24.7 Å². The number of H-pyrrole nitrogens is 1. The second kappa shape index (κ2) is 28.1. The Morgan fingerprint density at radius 1 is 0.628 bits per heavy atom. The molecule has 2 saturated heterocycles. The number of aromatic amines is 1. The number of para-hydroxylation sites is 1. The summed E-state index contributed by atoms with van der Waals surface area (Å²) in [5.41, 5.74) is 7.78. The van der Waals surface area contributed by atoms with E-state index in [1.807, 2.05) is 0 Å². The standard InChI is InChI=1S/C51H66N10O17/c1-24(2)16-33-45(69)58-36(19-40(66)61-51-42(54-25(3)62)44(77-28(6)65)43(76-27(5)64)39(78-51)23-75-26(4)63)48(72)59-37(20-41(67)68)49(73)57-35(18-30-22-53-32-15-11-10-14-31(30)32)47(71)56-34(17-29-12-8-7-9-13-29)46(70)60-38(21-52)50(74)55-33/h7-15,22,24,33-39,42-44,51,53H,16-21,23,52H2,1-6H3,(H,54,62)(H,55,74)(H,56,71)(H,57,73)(H,58,69)(H,59,72)(H,60,70)(H,61,66)(H,67,68)/t33-,34-,35-,36-,37-,38+,39+,42+,43+,44+,51+/m0/s1. The Labute approximate surface area is 447 Å². The van der Waals surface area contributed by atoms with Crippen molar-refractivity contribution in [3.63, 3.8) is 0 Å². The van der Waals surface area contributed by atoms with Gasteiger partial charge in [-0.3, -0.25) is 57.5 Å². The van der Waals surface area contributed by atoms with Gasteiger partial charge >= 0.3 is 23.9 Å². The number of esters is 3. The van der Waals surface area contributed by atoms with Gasteiger partial charge in [0.05, 0.1) is 12.8 Å². The summed E-state index contributed by atoms with van der Waals surface area (Å²) in [5, 5.41) is 30.6. The fourth-order valence-electron chi connectivity index (χ4n) is 8.81. The zero-order chi connectivity index (χ0) is 57.4. The van der Waals surface area contributed by atoms with Crippen LogP contribution in [-0.2, 0) is 89.3 Å². The lowest BCUT2D eigenvalue weighted by atomic mass is 9.94. The number of carbonyl (C=O) groups excluding carboxylic acids is 11. The number of nitrogens with two attached hydrogens (primary N) is 1. The Balaban J connectivity index is 1.58. The molecule has 1 aromatic heterocycles. The smallest absolute Gasteiger partial charge is 0.305 e. The number of nitrogens with one attached hydrogen (secondary N) is 9. The molecule has 11 atom stereocenters. The Bertz CT molecular complexity index is 2720. The number of carboxylic acids is 1. The zero-order valence-electron chi connectivity index (χ0n) is 43.7. The summed E-state index contributed by atoms with van der Waals surface area (Å²) in [7, 11) is 0. The van der Waals surface area contributed by atoms with Crippen molar-refractivity contribution in [1.29, 1.82) is 0 Å². The van der Waals surface area contributed by atoms with Crippen LogP contribution in [0.25, 0.3) is 10.9 Å². The van der Waals surface area contributed by atoms with Crippen LogP contribution < -0.4 is 48.3 Å². The first kappa shape index (κ1) is 60.4. The monoisotopic (exact) mass is 1090 g/mol. The Morgan fingerprint density at radius 2 is 1.14 bits per heavy atom. The van der Waals surface area contributed by atoms with Crippen LogP contribution in [0, 0.1) is 5.92 Å². The van der Waals surface area contributed by atoms with E-state index in [2.05, 4.69) is 47.5 Å². The average molecular weight is 1090 g/mol. The van der Waals surface area contributed by atoms with Crippen LogP contribution in [0.3, 0.4) is 0 Å². The second-order valence-corrected chi connectivity index (χ2v) is 19.1. The molecule has 2 aliphatic rings. The summed E-state index contributed by atoms with van der Waals surface area (Å²) in [6.45, 7) is 6.38. The van der Waals surface area contributed by atoms with Crippen LogP contribution in [0.2, 0.25) is 0 Å². The van der Waals surface area contributed by atoms with Gasteiger partial charge in [-0.15, -0.1) is 0 Å². The number of hydrogen-bond donors (Lipinski definition) is 11.